The summed E-state index contributed by atoms with van der Waals surface area (Å²) in [6, 6.07) is 26.4. The highest BCUT2D eigenvalue weighted by Gasteiger charge is 2.08. The maximum atomic E-state index is 10.1. The van der Waals surface area contributed by atoms with E-state index in [1.807, 2.05) is 54.6 Å². The maximum Gasteiger partial charge on any atom is 0.119 e. The summed E-state index contributed by atoms with van der Waals surface area (Å²) >= 11 is 1.66. The smallest absolute Gasteiger partial charge is 0.119 e. The molecule has 1 atom stereocenters. The molecule has 0 amide bonds. The van der Waals surface area contributed by atoms with Crippen LogP contribution >= 0.6 is 11.8 Å². The van der Waals surface area contributed by atoms with Gasteiger partial charge in [0.25, 0.3) is 0 Å². The molecule has 3 aromatic carbocycles. The molecule has 0 aliphatic rings. The molecule has 0 saturated carbocycles. The van der Waals surface area contributed by atoms with E-state index in [2.05, 4.69) is 31.2 Å². The molecule has 0 aliphatic carbocycles. The predicted octanol–water partition coefficient (Wildman–Crippen LogP) is 5.19. The third kappa shape index (κ3) is 5.12. The molecular weight excluding hydrogens is 328 g/mol. The molecule has 0 bridgehead atoms. The second-order valence-corrected chi connectivity index (χ2v) is 6.99. The lowest BCUT2D eigenvalue weighted by Gasteiger charge is -2.13. The van der Waals surface area contributed by atoms with Crippen molar-refractivity contribution in [3.05, 3.63) is 84.4 Å². The number of ether oxygens (including phenoxy) is 1. The molecule has 0 spiro atoms. The van der Waals surface area contributed by atoms with Crippen LogP contribution in [-0.4, -0.2) is 23.6 Å². The van der Waals surface area contributed by atoms with Gasteiger partial charge in [-0.3, -0.25) is 0 Å². The summed E-state index contributed by atoms with van der Waals surface area (Å²) < 4.78 is 5.71. The van der Waals surface area contributed by atoms with E-state index in [1.54, 1.807) is 11.8 Å². The Bertz CT molecular complexity index is 785. The van der Waals surface area contributed by atoms with Crippen LogP contribution < -0.4 is 4.74 Å². The van der Waals surface area contributed by atoms with Crippen LogP contribution in [0.25, 0.3) is 11.1 Å². The summed E-state index contributed by atoms with van der Waals surface area (Å²) in [5.74, 6) is 1.40. The highest BCUT2D eigenvalue weighted by molar-refractivity contribution is 7.99. The van der Waals surface area contributed by atoms with E-state index in [4.69, 9.17) is 4.74 Å². The van der Waals surface area contributed by atoms with E-state index in [0.29, 0.717) is 12.4 Å². The van der Waals surface area contributed by atoms with Gasteiger partial charge in [-0.1, -0.05) is 60.7 Å². The summed E-state index contributed by atoms with van der Waals surface area (Å²) in [6.45, 7) is 2.38. The Hall–Kier alpha value is -2.23. The van der Waals surface area contributed by atoms with E-state index in [-0.39, 0.29) is 0 Å². The average Bonchev–Trinajstić information content (AvgIpc) is 2.67. The largest absolute Gasteiger partial charge is 0.491 e. The van der Waals surface area contributed by atoms with Gasteiger partial charge in [0.15, 0.2) is 0 Å². The lowest BCUT2D eigenvalue weighted by molar-refractivity contribution is 0.126. The zero-order chi connectivity index (χ0) is 17.5. The Morgan fingerprint density at radius 2 is 1.48 bits per heavy atom. The van der Waals surface area contributed by atoms with Crippen LogP contribution in [0.2, 0.25) is 0 Å². The third-order valence-corrected chi connectivity index (χ3v) is 5.25. The zero-order valence-corrected chi connectivity index (χ0v) is 15.1. The molecular formula is C22H22O2S. The number of hydrogen-bond acceptors (Lipinski definition) is 3. The van der Waals surface area contributed by atoms with Gasteiger partial charge in [-0.15, -0.1) is 11.8 Å². The topological polar surface area (TPSA) is 29.5 Å². The number of rotatable bonds is 7. The van der Waals surface area contributed by atoms with Crippen LogP contribution in [0.1, 0.15) is 5.56 Å². The number of aliphatic hydroxyl groups is 1. The Balaban J connectivity index is 1.49. The number of thioether (sulfide) groups is 1. The molecule has 0 radical (unpaired) electrons. The minimum absolute atomic E-state index is 0.295. The van der Waals surface area contributed by atoms with E-state index >= 15 is 0 Å². The van der Waals surface area contributed by atoms with Gasteiger partial charge in [-0.05, 0) is 41.8 Å². The Morgan fingerprint density at radius 1 is 0.840 bits per heavy atom. The van der Waals surface area contributed by atoms with Gasteiger partial charge < -0.3 is 9.84 Å². The lowest BCUT2D eigenvalue weighted by Crippen LogP contribution is -2.20. The number of hydrogen-bond donors (Lipinski definition) is 1. The molecule has 0 saturated heterocycles. The van der Waals surface area contributed by atoms with Gasteiger partial charge in [0.2, 0.25) is 0 Å². The minimum Gasteiger partial charge on any atom is -0.491 e. The standard InChI is InChI=1S/C22H22O2S/c1-17-7-5-6-10-22(17)25-16-20(23)15-24-21-13-11-19(12-14-21)18-8-3-2-4-9-18/h2-14,20,23H,15-16H2,1H3. The Kier molecular flexibility index (Phi) is 6.15. The second kappa shape index (κ2) is 8.75. The lowest BCUT2D eigenvalue weighted by atomic mass is 10.1. The Morgan fingerprint density at radius 3 is 2.20 bits per heavy atom. The molecule has 3 aromatic rings. The van der Waals surface area contributed by atoms with Crippen LogP contribution in [0.15, 0.2) is 83.8 Å². The SMILES string of the molecule is Cc1ccccc1SCC(O)COc1ccc(-c2ccccc2)cc1. The quantitative estimate of drug-likeness (QED) is 0.594. The summed E-state index contributed by atoms with van der Waals surface area (Å²) in [5, 5.41) is 10.1. The average molecular weight is 350 g/mol. The first kappa shape index (κ1) is 17.6. The molecule has 25 heavy (non-hydrogen) atoms. The van der Waals surface area contributed by atoms with Crippen molar-refractivity contribution < 1.29 is 9.84 Å². The van der Waals surface area contributed by atoms with E-state index in [0.717, 1.165) is 11.3 Å². The van der Waals surface area contributed by atoms with Gasteiger partial charge in [-0.2, -0.15) is 0 Å². The summed E-state index contributed by atoms with van der Waals surface area (Å²) in [5.41, 5.74) is 3.57. The fraction of sp³-hybridized carbons (Fsp3) is 0.182. The first-order valence-electron chi connectivity index (χ1n) is 8.37. The first-order valence-corrected chi connectivity index (χ1v) is 9.36. The van der Waals surface area contributed by atoms with Crippen LogP contribution in [0.5, 0.6) is 5.75 Å². The van der Waals surface area contributed by atoms with Crippen molar-refractivity contribution in [3.63, 3.8) is 0 Å². The molecule has 0 heterocycles. The monoisotopic (exact) mass is 350 g/mol. The third-order valence-electron chi connectivity index (χ3n) is 3.93. The fourth-order valence-corrected chi connectivity index (χ4v) is 3.46. The molecule has 0 aliphatic heterocycles. The van der Waals surface area contributed by atoms with E-state index in [1.165, 1.54) is 16.0 Å². The summed E-state index contributed by atoms with van der Waals surface area (Å²) in [6.07, 6.45) is -0.501. The minimum atomic E-state index is -0.501. The Labute approximate surface area is 153 Å². The highest BCUT2D eigenvalue weighted by Crippen LogP contribution is 2.24. The number of aryl methyl sites for hydroxylation is 1. The molecule has 0 fully saturated rings. The van der Waals surface area contributed by atoms with Crippen LogP contribution in [-0.2, 0) is 0 Å². The van der Waals surface area contributed by atoms with E-state index < -0.39 is 6.10 Å². The predicted molar refractivity (Wildman–Crippen MR) is 105 cm³/mol. The molecule has 1 N–H and O–H groups in total. The van der Waals surface area contributed by atoms with Gasteiger partial charge in [0.05, 0.1) is 6.10 Å². The fourth-order valence-electron chi connectivity index (χ4n) is 2.52. The molecule has 0 aromatic heterocycles. The van der Waals surface area contributed by atoms with Gasteiger partial charge in [0, 0.05) is 10.6 Å². The van der Waals surface area contributed by atoms with Crippen LogP contribution in [0, 0.1) is 6.92 Å². The molecule has 1 unspecified atom stereocenters. The van der Waals surface area contributed by atoms with Crippen molar-refractivity contribution in [3.8, 4) is 16.9 Å². The van der Waals surface area contributed by atoms with Crippen molar-refractivity contribution >= 4 is 11.8 Å². The van der Waals surface area contributed by atoms with Crippen molar-refractivity contribution in [1.29, 1.82) is 0 Å². The van der Waals surface area contributed by atoms with Gasteiger partial charge in [-0.25, -0.2) is 0 Å². The van der Waals surface area contributed by atoms with Crippen LogP contribution in [0.4, 0.5) is 0 Å². The summed E-state index contributed by atoms with van der Waals surface area (Å²) in [4.78, 5) is 1.20. The highest BCUT2D eigenvalue weighted by atomic mass is 32.2. The normalized spacial score (nSPS) is 11.9. The molecule has 3 rings (SSSR count). The maximum absolute atomic E-state index is 10.1. The zero-order valence-electron chi connectivity index (χ0n) is 14.3. The summed E-state index contributed by atoms with van der Waals surface area (Å²) in [7, 11) is 0. The molecule has 128 valence electrons. The number of aliphatic hydroxyl groups excluding tert-OH is 1. The van der Waals surface area contributed by atoms with Crippen LogP contribution in [0.3, 0.4) is 0 Å². The van der Waals surface area contributed by atoms with Crippen molar-refractivity contribution in [1.82, 2.24) is 0 Å². The van der Waals surface area contributed by atoms with Crippen molar-refractivity contribution in [2.45, 2.75) is 17.9 Å². The second-order valence-electron chi connectivity index (χ2n) is 5.93. The molecule has 2 nitrogen and oxygen atoms in total. The van der Waals surface area contributed by atoms with E-state index in [9.17, 15) is 5.11 Å². The van der Waals surface area contributed by atoms with Crippen molar-refractivity contribution in [2.24, 2.45) is 0 Å². The molecule has 3 heteroatoms. The first-order chi connectivity index (χ1) is 12.2. The van der Waals surface area contributed by atoms with Gasteiger partial charge in [0.1, 0.15) is 12.4 Å². The number of benzene rings is 3. The van der Waals surface area contributed by atoms with Gasteiger partial charge >= 0.3 is 0 Å². The van der Waals surface area contributed by atoms with Crippen molar-refractivity contribution in [2.75, 3.05) is 12.4 Å².